The van der Waals surface area contributed by atoms with E-state index in [1.165, 1.54) is 0 Å². The van der Waals surface area contributed by atoms with Gasteiger partial charge >= 0.3 is 6.18 Å². The van der Waals surface area contributed by atoms with E-state index in [1.807, 2.05) is 0 Å². The lowest BCUT2D eigenvalue weighted by atomic mass is 10.0. The maximum absolute atomic E-state index is 12.3. The van der Waals surface area contributed by atoms with Crippen LogP contribution in [-0.2, 0) is 6.18 Å². The van der Waals surface area contributed by atoms with Crippen molar-refractivity contribution in [2.75, 3.05) is 5.88 Å². The molecule has 0 aliphatic rings. The fraction of sp³-hybridized carbons (Fsp3) is 0.364. The molecule has 0 amide bonds. The first-order valence-corrected chi connectivity index (χ1v) is 5.73. The number of carbonyl (C=O) groups excluding carboxylic acids is 1. The van der Waals surface area contributed by atoms with E-state index in [0.29, 0.717) is 12.3 Å². The van der Waals surface area contributed by atoms with E-state index < -0.39 is 11.7 Å². The van der Waals surface area contributed by atoms with E-state index in [4.69, 9.17) is 23.2 Å². The van der Waals surface area contributed by atoms with Crippen LogP contribution in [0.5, 0.6) is 0 Å². The Balaban J connectivity index is 2.94. The first-order chi connectivity index (χ1) is 7.86. The van der Waals surface area contributed by atoms with Crippen molar-refractivity contribution < 1.29 is 18.0 Å². The highest BCUT2D eigenvalue weighted by Crippen LogP contribution is 2.32. The maximum Gasteiger partial charge on any atom is 0.416 e. The lowest BCUT2D eigenvalue weighted by molar-refractivity contribution is -0.137. The van der Waals surface area contributed by atoms with Crippen LogP contribution in [0, 0.1) is 0 Å². The predicted octanol–water partition coefficient (Wildman–Crippen LogP) is 4.56. The lowest BCUT2D eigenvalue weighted by Gasteiger charge is -2.09. The van der Waals surface area contributed by atoms with Gasteiger partial charge in [-0.2, -0.15) is 13.2 Å². The smallest absolute Gasteiger partial charge is 0.294 e. The molecule has 94 valence electrons. The summed E-state index contributed by atoms with van der Waals surface area (Å²) in [5.41, 5.74) is -0.763. The van der Waals surface area contributed by atoms with Crippen molar-refractivity contribution in [2.24, 2.45) is 0 Å². The lowest BCUT2D eigenvalue weighted by Crippen LogP contribution is -2.07. The summed E-state index contributed by atoms with van der Waals surface area (Å²) in [6, 6.07) is 2.71. The van der Waals surface area contributed by atoms with Crippen molar-refractivity contribution in [3.8, 4) is 0 Å². The molecular formula is C11H9Cl2F3O. The molecule has 0 saturated heterocycles. The normalized spacial score (nSPS) is 11.6. The summed E-state index contributed by atoms with van der Waals surface area (Å²) in [4.78, 5) is 11.6. The number of rotatable bonds is 4. The molecule has 0 N–H and O–H groups in total. The van der Waals surface area contributed by atoms with Gasteiger partial charge in [0.15, 0.2) is 5.78 Å². The van der Waals surface area contributed by atoms with Crippen molar-refractivity contribution in [3.63, 3.8) is 0 Å². The van der Waals surface area contributed by atoms with Gasteiger partial charge < -0.3 is 0 Å². The Morgan fingerprint density at radius 1 is 1.29 bits per heavy atom. The third-order valence-corrected chi connectivity index (χ3v) is 2.71. The number of halogens is 5. The van der Waals surface area contributed by atoms with E-state index in [0.717, 1.165) is 18.2 Å². The van der Waals surface area contributed by atoms with Crippen LogP contribution in [0.2, 0.25) is 5.02 Å². The van der Waals surface area contributed by atoms with E-state index in [2.05, 4.69) is 0 Å². The number of alkyl halides is 4. The molecule has 0 bridgehead atoms. The van der Waals surface area contributed by atoms with Gasteiger partial charge in [0.05, 0.1) is 10.6 Å². The van der Waals surface area contributed by atoms with Gasteiger partial charge in [-0.3, -0.25) is 4.79 Å². The number of hydrogen-bond acceptors (Lipinski definition) is 1. The molecule has 0 fully saturated rings. The Kier molecular flexibility index (Phi) is 4.83. The quantitative estimate of drug-likeness (QED) is 0.585. The molecule has 0 spiro atoms. The number of benzene rings is 1. The highest BCUT2D eigenvalue weighted by molar-refractivity contribution is 6.34. The summed E-state index contributed by atoms with van der Waals surface area (Å²) in [7, 11) is 0. The van der Waals surface area contributed by atoms with Crippen molar-refractivity contribution in [1.29, 1.82) is 0 Å². The minimum Gasteiger partial charge on any atom is -0.294 e. The summed E-state index contributed by atoms with van der Waals surface area (Å²) >= 11 is 11.1. The predicted molar refractivity (Wildman–Crippen MR) is 60.7 cm³/mol. The molecule has 6 heteroatoms. The number of Topliss-reactive ketones (excluding diaryl/α,β-unsaturated/α-hetero) is 1. The summed E-state index contributed by atoms with van der Waals surface area (Å²) in [6.45, 7) is 0. The Morgan fingerprint density at radius 3 is 2.41 bits per heavy atom. The van der Waals surface area contributed by atoms with Crippen LogP contribution in [0.3, 0.4) is 0 Å². The zero-order valence-electron chi connectivity index (χ0n) is 8.65. The van der Waals surface area contributed by atoms with Gasteiger partial charge in [-0.15, -0.1) is 11.6 Å². The molecule has 1 nitrogen and oxygen atoms in total. The molecule has 0 aromatic heterocycles. The molecule has 0 saturated carbocycles. The molecule has 1 rings (SSSR count). The Morgan fingerprint density at radius 2 is 1.94 bits per heavy atom. The topological polar surface area (TPSA) is 17.1 Å². The minimum atomic E-state index is -4.46. The summed E-state index contributed by atoms with van der Waals surface area (Å²) in [5, 5.41) is -0.181. The Bertz CT molecular complexity index is 416. The largest absolute Gasteiger partial charge is 0.416 e. The third-order valence-electron chi connectivity index (χ3n) is 2.13. The monoisotopic (exact) mass is 284 g/mol. The van der Waals surface area contributed by atoms with Crippen LogP contribution in [0.1, 0.15) is 28.8 Å². The van der Waals surface area contributed by atoms with Gasteiger partial charge in [0.25, 0.3) is 0 Å². The van der Waals surface area contributed by atoms with Crippen molar-refractivity contribution in [3.05, 3.63) is 34.3 Å². The van der Waals surface area contributed by atoms with Gasteiger partial charge in [-0.05, 0) is 24.6 Å². The Labute approximate surface area is 107 Å². The van der Waals surface area contributed by atoms with Gasteiger partial charge in [-0.25, -0.2) is 0 Å². The third kappa shape index (κ3) is 3.89. The summed E-state index contributed by atoms with van der Waals surface area (Å²) in [6.07, 6.45) is -3.81. The van der Waals surface area contributed by atoms with Crippen LogP contribution in [0.25, 0.3) is 0 Å². The van der Waals surface area contributed by atoms with Gasteiger partial charge in [-0.1, -0.05) is 11.6 Å². The fourth-order valence-electron chi connectivity index (χ4n) is 1.28. The second kappa shape index (κ2) is 5.74. The number of hydrogen-bond donors (Lipinski definition) is 0. The zero-order valence-corrected chi connectivity index (χ0v) is 10.2. The first-order valence-electron chi connectivity index (χ1n) is 4.82. The fourth-order valence-corrected chi connectivity index (χ4v) is 1.70. The molecule has 1 aromatic carbocycles. The average Bonchev–Trinajstić information content (AvgIpc) is 2.24. The summed E-state index contributed by atoms with van der Waals surface area (Å²) < 4.78 is 37.0. The van der Waals surface area contributed by atoms with E-state index in [-0.39, 0.29) is 22.8 Å². The van der Waals surface area contributed by atoms with Crippen LogP contribution in [0.4, 0.5) is 13.2 Å². The van der Waals surface area contributed by atoms with Gasteiger partial charge in [0.2, 0.25) is 0 Å². The van der Waals surface area contributed by atoms with Crippen LogP contribution in [-0.4, -0.2) is 11.7 Å². The average molecular weight is 285 g/mol. The highest BCUT2D eigenvalue weighted by atomic mass is 35.5. The van der Waals surface area contributed by atoms with E-state index in [1.54, 1.807) is 0 Å². The van der Waals surface area contributed by atoms with Gasteiger partial charge in [0.1, 0.15) is 0 Å². The number of carbonyl (C=O) groups is 1. The standard InChI is InChI=1S/C11H9Cl2F3O/c12-5-1-2-10(17)8-4-3-7(6-9(8)13)11(14,15)16/h3-4,6H,1-2,5H2. The molecule has 0 heterocycles. The highest BCUT2D eigenvalue weighted by Gasteiger charge is 2.31. The van der Waals surface area contributed by atoms with Gasteiger partial charge in [0, 0.05) is 17.9 Å². The molecule has 0 aliphatic heterocycles. The molecule has 0 unspecified atom stereocenters. The Hall–Kier alpha value is -0.740. The first kappa shape index (κ1) is 14.3. The van der Waals surface area contributed by atoms with Crippen molar-refractivity contribution >= 4 is 29.0 Å². The molecular weight excluding hydrogens is 276 g/mol. The van der Waals surface area contributed by atoms with Crippen LogP contribution in [0.15, 0.2) is 18.2 Å². The molecule has 0 atom stereocenters. The molecule has 17 heavy (non-hydrogen) atoms. The minimum absolute atomic E-state index is 0.102. The van der Waals surface area contributed by atoms with Crippen molar-refractivity contribution in [2.45, 2.75) is 19.0 Å². The second-order valence-corrected chi connectivity index (χ2v) is 4.19. The molecule has 1 aromatic rings. The summed E-state index contributed by atoms with van der Waals surface area (Å²) in [5.74, 6) is 0.0219. The SMILES string of the molecule is O=C(CCCCl)c1ccc(C(F)(F)F)cc1Cl. The number of ketones is 1. The molecule has 0 radical (unpaired) electrons. The second-order valence-electron chi connectivity index (χ2n) is 3.41. The van der Waals surface area contributed by atoms with Crippen LogP contribution >= 0.6 is 23.2 Å². The zero-order chi connectivity index (χ0) is 13.1. The van der Waals surface area contributed by atoms with E-state index >= 15 is 0 Å². The van der Waals surface area contributed by atoms with Crippen molar-refractivity contribution in [1.82, 2.24) is 0 Å². The molecule has 0 aliphatic carbocycles. The van der Waals surface area contributed by atoms with E-state index in [9.17, 15) is 18.0 Å². The van der Waals surface area contributed by atoms with Crippen LogP contribution < -0.4 is 0 Å². The maximum atomic E-state index is 12.3.